The minimum Gasteiger partial charge on any atom is -0.507 e. The Bertz CT molecular complexity index is 1390. The van der Waals surface area contributed by atoms with Crippen molar-refractivity contribution in [2.24, 2.45) is 0 Å². The summed E-state index contributed by atoms with van der Waals surface area (Å²) in [6, 6.07) is 13.3. The second kappa shape index (κ2) is 8.40. The molecule has 0 bridgehead atoms. The monoisotopic (exact) mass is 475 g/mol. The van der Waals surface area contributed by atoms with Gasteiger partial charge in [-0.05, 0) is 42.5 Å². The van der Waals surface area contributed by atoms with E-state index in [0.717, 1.165) is 24.3 Å². The molecule has 0 saturated carbocycles. The van der Waals surface area contributed by atoms with Crippen LogP contribution in [0.3, 0.4) is 0 Å². The van der Waals surface area contributed by atoms with Crippen molar-refractivity contribution < 1.29 is 27.8 Å². The fourth-order valence-electron chi connectivity index (χ4n) is 2.89. The molecule has 1 heterocycles. The Morgan fingerprint density at radius 2 is 1.72 bits per heavy atom. The normalized spacial score (nSPS) is 11.3. The quantitative estimate of drug-likeness (QED) is 0.315. The van der Waals surface area contributed by atoms with E-state index in [1.807, 2.05) is 0 Å². The first kappa shape index (κ1) is 21.5. The molecule has 0 unspecified atom stereocenters. The molecule has 4 rings (SSSR count). The molecule has 0 saturated heterocycles. The number of nitrogens with zero attached hydrogens (tertiary/aromatic N) is 1. The maximum Gasteiger partial charge on any atom is 0.265 e. The molecule has 4 N–H and O–H groups in total. The van der Waals surface area contributed by atoms with Gasteiger partial charge in [-0.3, -0.25) is 9.82 Å². The lowest BCUT2D eigenvalue weighted by Crippen LogP contribution is -2.13. The molecule has 0 radical (unpaired) electrons. The highest BCUT2D eigenvalue weighted by atomic mass is 35.5. The fourth-order valence-corrected chi connectivity index (χ4v) is 4.23. The highest BCUT2D eigenvalue weighted by Crippen LogP contribution is 2.41. The predicted octanol–water partition coefficient (Wildman–Crippen LogP) is 4.87. The van der Waals surface area contributed by atoms with Crippen molar-refractivity contribution in [1.82, 2.24) is 10.2 Å². The van der Waals surface area contributed by atoms with E-state index >= 15 is 0 Å². The van der Waals surface area contributed by atoms with Gasteiger partial charge in [0.05, 0.1) is 11.2 Å². The summed E-state index contributed by atoms with van der Waals surface area (Å²) in [4.78, 5) is -0.520. The van der Waals surface area contributed by atoms with Gasteiger partial charge in [0.25, 0.3) is 10.0 Å². The number of phenolic OH excluding ortho intramolecular Hbond substituents is 2. The van der Waals surface area contributed by atoms with Crippen LogP contribution in [0.25, 0.3) is 11.3 Å². The Hall–Kier alpha value is -3.76. The molecule has 0 spiro atoms. The van der Waals surface area contributed by atoms with Crippen LogP contribution in [0.4, 0.5) is 10.1 Å². The predicted molar refractivity (Wildman–Crippen MR) is 116 cm³/mol. The first-order valence-electron chi connectivity index (χ1n) is 9.05. The number of nitrogens with one attached hydrogen (secondary N) is 2. The summed E-state index contributed by atoms with van der Waals surface area (Å²) in [7, 11) is -4.30. The molecular weight excluding hydrogens is 461 g/mol. The number of anilines is 1. The topological polar surface area (TPSA) is 125 Å². The lowest BCUT2D eigenvalue weighted by molar-refractivity contribution is 0.440. The number of rotatable bonds is 6. The molecule has 11 heteroatoms. The molecule has 8 nitrogen and oxygen atoms in total. The molecular formula is C21H15ClFN3O5S. The SMILES string of the molecule is O=S(=O)(Nc1ccc(F)cc1)c1cc(-c2[nH]ncc2Oc2ccccc2Cl)c(O)cc1O. The number of phenols is 2. The molecule has 0 amide bonds. The van der Waals surface area contributed by atoms with Crippen molar-refractivity contribution in [2.45, 2.75) is 4.90 Å². The van der Waals surface area contributed by atoms with Crippen LogP contribution in [-0.4, -0.2) is 28.8 Å². The standard InChI is InChI=1S/C21H15ClFN3O5S/c22-15-3-1-2-4-18(15)31-19-11-24-25-21(19)14-9-20(17(28)10-16(14)27)32(29,30)26-13-7-5-12(23)6-8-13/h1-11,26-28H,(H,24,25). The number of hydrogen-bond acceptors (Lipinski definition) is 6. The van der Waals surface area contributed by atoms with Gasteiger partial charge in [0.2, 0.25) is 0 Å². The van der Waals surface area contributed by atoms with E-state index in [1.54, 1.807) is 24.3 Å². The average molecular weight is 476 g/mol. The van der Waals surface area contributed by atoms with Gasteiger partial charge in [-0.1, -0.05) is 23.7 Å². The second-order valence-corrected chi connectivity index (χ2v) is 8.65. The van der Waals surface area contributed by atoms with Crippen molar-refractivity contribution in [3.8, 4) is 34.3 Å². The van der Waals surface area contributed by atoms with E-state index in [4.69, 9.17) is 16.3 Å². The molecule has 0 aliphatic rings. The van der Waals surface area contributed by atoms with Gasteiger partial charge in [0.1, 0.15) is 33.7 Å². The second-order valence-electron chi connectivity index (χ2n) is 6.59. The number of aromatic nitrogens is 2. The minimum absolute atomic E-state index is 0.00170. The number of hydrogen-bond donors (Lipinski definition) is 4. The molecule has 4 aromatic rings. The third-order valence-corrected chi connectivity index (χ3v) is 6.12. The van der Waals surface area contributed by atoms with E-state index < -0.39 is 32.2 Å². The van der Waals surface area contributed by atoms with Gasteiger partial charge in [-0.25, -0.2) is 12.8 Å². The Labute approximate surface area is 186 Å². The van der Waals surface area contributed by atoms with Crippen LogP contribution in [0, 0.1) is 5.82 Å². The molecule has 164 valence electrons. The number of halogens is 2. The maximum atomic E-state index is 13.1. The summed E-state index contributed by atoms with van der Waals surface area (Å²) in [5.74, 6) is -1.16. The van der Waals surface area contributed by atoms with Crippen molar-refractivity contribution in [3.63, 3.8) is 0 Å². The van der Waals surface area contributed by atoms with Crippen molar-refractivity contribution in [3.05, 3.63) is 77.7 Å². The Morgan fingerprint density at radius 1 is 1.00 bits per heavy atom. The van der Waals surface area contributed by atoms with Gasteiger partial charge in [-0.2, -0.15) is 5.10 Å². The van der Waals surface area contributed by atoms with Crippen LogP contribution in [0.15, 0.2) is 71.8 Å². The Balaban J connectivity index is 1.73. The van der Waals surface area contributed by atoms with E-state index in [1.165, 1.54) is 18.3 Å². The Kier molecular flexibility index (Phi) is 5.64. The zero-order chi connectivity index (χ0) is 22.9. The van der Waals surface area contributed by atoms with Gasteiger partial charge in [0.15, 0.2) is 5.75 Å². The van der Waals surface area contributed by atoms with E-state index in [-0.39, 0.29) is 22.7 Å². The summed E-state index contributed by atoms with van der Waals surface area (Å²) in [6.07, 6.45) is 1.33. The first-order chi connectivity index (χ1) is 15.2. The highest BCUT2D eigenvalue weighted by Gasteiger charge is 2.24. The minimum atomic E-state index is -4.30. The van der Waals surface area contributed by atoms with Gasteiger partial charge < -0.3 is 14.9 Å². The molecule has 0 aliphatic heterocycles. The zero-order valence-corrected chi connectivity index (χ0v) is 17.7. The Morgan fingerprint density at radius 3 is 2.44 bits per heavy atom. The molecule has 3 aromatic carbocycles. The van der Waals surface area contributed by atoms with Crippen LogP contribution in [-0.2, 0) is 10.0 Å². The molecule has 1 aromatic heterocycles. The number of aromatic amines is 1. The van der Waals surface area contributed by atoms with Crippen LogP contribution in [0.1, 0.15) is 0 Å². The lowest BCUT2D eigenvalue weighted by atomic mass is 10.1. The molecule has 0 atom stereocenters. The largest absolute Gasteiger partial charge is 0.507 e. The smallest absolute Gasteiger partial charge is 0.265 e. The number of ether oxygens (including phenoxy) is 1. The van der Waals surface area contributed by atoms with E-state index in [9.17, 15) is 23.0 Å². The maximum absolute atomic E-state index is 13.1. The summed E-state index contributed by atoms with van der Waals surface area (Å²) in [5, 5.41) is 27.4. The average Bonchev–Trinajstić information content (AvgIpc) is 3.19. The zero-order valence-electron chi connectivity index (χ0n) is 16.1. The van der Waals surface area contributed by atoms with E-state index in [0.29, 0.717) is 10.8 Å². The summed E-state index contributed by atoms with van der Waals surface area (Å²) in [5.41, 5.74) is 0.243. The number of sulfonamides is 1. The highest BCUT2D eigenvalue weighted by molar-refractivity contribution is 7.92. The first-order valence-corrected chi connectivity index (χ1v) is 10.9. The van der Waals surface area contributed by atoms with Crippen molar-refractivity contribution in [1.29, 1.82) is 0 Å². The van der Waals surface area contributed by atoms with Crippen LogP contribution in [0.5, 0.6) is 23.0 Å². The van der Waals surface area contributed by atoms with Crippen molar-refractivity contribution >= 4 is 27.3 Å². The van der Waals surface area contributed by atoms with Gasteiger partial charge in [0, 0.05) is 17.3 Å². The molecule has 0 aliphatic carbocycles. The van der Waals surface area contributed by atoms with Crippen LogP contribution in [0.2, 0.25) is 5.02 Å². The number of para-hydroxylation sites is 1. The van der Waals surface area contributed by atoms with Crippen LogP contribution >= 0.6 is 11.6 Å². The molecule has 32 heavy (non-hydrogen) atoms. The van der Waals surface area contributed by atoms with E-state index in [2.05, 4.69) is 14.9 Å². The summed E-state index contributed by atoms with van der Waals surface area (Å²) < 4.78 is 46.8. The molecule has 0 fully saturated rings. The third-order valence-electron chi connectivity index (χ3n) is 4.39. The fraction of sp³-hybridized carbons (Fsp3) is 0. The third kappa shape index (κ3) is 4.32. The summed E-state index contributed by atoms with van der Waals surface area (Å²) in [6.45, 7) is 0. The number of H-pyrrole nitrogens is 1. The lowest BCUT2D eigenvalue weighted by Gasteiger charge is -2.13. The van der Waals surface area contributed by atoms with Crippen molar-refractivity contribution in [2.75, 3.05) is 4.72 Å². The van der Waals surface area contributed by atoms with Gasteiger partial charge in [-0.15, -0.1) is 0 Å². The van der Waals surface area contributed by atoms with Gasteiger partial charge >= 0.3 is 0 Å². The number of aromatic hydroxyl groups is 2. The van der Waals surface area contributed by atoms with Crippen LogP contribution < -0.4 is 9.46 Å². The summed E-state index contributed by atoms with van der Waals surface area (Å²) >= 11 is 6.11. The number of benzene rings is 3.